The summed E-state index contributed by atoms with van der Waals surface area (Å²) in [6.45, 7) is 5.01. The molecule has 2 unspecified atom stereocenters. The average molecular weight is 198 g/mol. The van der Waals surface area contributed by atoms with Crippen LogP contribution in [0.2, 0.25) is 0 Å². The Bertz CT molecular complexity index is 221. The van der Waals surface area contributed by atoms with Gasteiger partial charge in [0.2, 0.25) is 0 Å². The molecule has 3 N–H and O–H groups in total. The van der Waals surface area contributed by atoms with Crippen molar-refractivity contribution in [2.24, 2.45) is 5.73 Å². The van der Waals surface area contributed by atoms with Crippen molar-refractivity contribution in [3.8, 4) is 0 Å². The maximum absolute atomic E-state index is 5.57. The van der Waals surface area contributed by atoms with Crippen LogP contribution in [0.3, 0.4) is 0 Å². The number of rotatable bonds is 5. The Hall–Kier alpha value is -0.380. The minimum absolute atomic E-state index is 0.395. The number of thiophene rings is 1. The van der Waals surface area contributed by atoms with E-state index in [1.165, 1.54) is 4.88 Å². The highest BCUT2D eigenvalue weighted by Crippen LogP contribution is 2.21. The Labute approximate surface area is 84.2 Å². The molecule has 0 aliphatic carbocycles. The Morgan fingerprint density at radius 3 is 2.85 bits per heavy atom. The quantitative estimate of drug-likeness (QED) is 0.760. The van der Waals surface area contributed by atoms with Gasteiger partial charge in [-0.25, -0.2) is 0 Å². The topological polar surface area (TPSA) is 38.0 Å². The molecule has 0 aromatic carbocycles. The first kappa shape index (κ1) is 10.7. The van der Waals surface area contributed by atoms with Crippen LogP contribution >= 0.6 is 11.3 Å². The molecule has 0 bridgehead atoms. The van der Waals surface area contributed by atoms with Gasteiger partial charge in [-0.15, -0.1) is 11.3 Å². The molecule has 1 aromatic heterocycles. The van der Waals surface area contributed by atoms with E-state index >= 15 is 0 Å². The predicted molar refractivity (Wildman–Crippen MR) is 59.0 cm³/mol. The van der Waals surface area contributed by atoms with Crippen LogP contribution in [0.1, 0.15) is 31.2 Å². The van der Waals surface area contributed by atoms with Gasteiger partial charge in [0.25, 0.3) is 0 Å². The van der Waals surface area contributed by atoms with Crippen molar-refractivity contribution in [2.45, 2.75) is 32.4 Å². The highest BCUT2D eigenvalue weighted by atomic mass is 32.1. The van der Waals surface area contributed by atoms with E-state index < -0.39 is 0 Å². The van der Waals surface area contributed by atoms with Crippen LogP contribution in [0.5, 0.6) is 0 Å². The third-order valence-corrected chi connectivity index (χ3v) is 3.12. The van der Waals surface area contributed by atoms with Crippen LogP contribution in [0.25, 0.3) is 0 Å². The molecule has 0 aliphatic rings. The van der Waals surface area contributed by atoms with Gasteiger partial charge >= 0.3 is 0 Å². The molecule has 1 aromatic rings. The molecule has 1 heterocycles. The molecular weight excluding hydrogens is 180 g/mol. The Balaban J connectivity index is 2.53. The normalized spacial score (nSPS) is 15.6. The third kappa shape index (κ3) is 3.10. The van der Waals surface area contributed by atoms with Gasteiger partial charge in [0, 0.05) is 23.5 Å². The summed E-state index contributed by atoms with van der Waals surface area (Å²) >= 11 is 1.80. The molecule has 0 amide bonds. The lowest BCUT2D eigenvalue weighted by molar-refractivity contribution is 0.455. The molecule has 1 rings (SSSR count). The highest BCUT2D eigenvalue weighted by Gasteiger charge is 2.11. The molecule has 0 aliphatic heterocycles. The number of nitrogens with one attached hydrogen (secondary N) is 1. The van der Waals surface area contributed by atoms with Crippen LogP contribution in [0.4, 0.5) is 0 Å². The second-order valence-corrected chi connectivity index (χ2v) is 4.26. The van der Waals surface area contributed by atoms with Crippen molar-refractivity contribution in [2.75, 3.05) is 6.54 Å². The van der Waals surface area contributed by atoms with Gasteiger partial charge in [-0.05, 0) is 24.8 Å². The fourth-order valence-corrected chi connectivity index (χ4v) is 2.17. The maximum Gasteiger partial charge on any atom is 0.0414 e. The standard InChI is InChI=1S/C10H18N2S/c1-3-9(12-8(2)7-11)10-5-4-6-13-10/h4-6,8-9,12H,3,7,11H2,1-2H3. The van der Waals surface area contributed by atoms with Crippen LogP contribution in [0, 0.1) is 0 Å². The Morgan fingerprint density at radius 1 is 1.62 bits per heavy atom. The van der Waals surface area contributed by atoms with Crippen molar-refractivity contribution in [3.05, 3.63) is 22.4 Å². The molecule has 0 fully saturated rings. The smallest absolute Gasteiger partial charge is 0.0414 e. The van der Waals surface area contributed by atoms with Crippen molar-refractivity contribution in [1.82, 2.24) is 5.32 Å². The Kier molecular flexibility index (Phi) is 4.42. The average Bonchev–Trinajstić information content (AvgIpc) is 2.66. The Morgan fingerprint density at radius 2 is 2.38 bits per heavy atom. The van der Waals surface area contributed by atoms with Gasteiger partial charge in [0.05, 0.1) is 0 Å². The van der Waals surface area contributed by atoms with Gasteiger partial charge in [-0.2, -0.15) is 0 Å². The van der Waals surface area contributed by atoms with Crippen molar-refractivity contribution in [3.63, 3.8) is 0 Å². The zero-order valence-electron chi connectivity index (χ0n) is 8.29. The van der Waals surface area contributed by atoms with Crippen molar-refractivity contribution < 1.29 is 0 Å². The fourth-order valence-electron chi connectivity index (χ4n) is 1.30. The summed E-state index contributed by atoms with van der Waals surface area (Å²) in [4.78, 5) is 1.41. The minimum Gasteiger partial charge on any atom is -0.329 e. The molecule has 0 saturated heterocycles. The van der Waals surface area contributed by atoms with Crippen LogP contribution in [-0.2, 0) is 0 Å². The summed E-state index contributed by atoms with van der Waals surface area (Å²) in [7, 11) is 0. The summed E-state index contributed by atoms with van der Waals surface area (Å²) in [6, 6.07) is 5.14. The first-order valence-corrected chi connectivity index (χ1v) is 5.65. The van der Waals surface area contributed by atoms with Gasteiger partial charge in [-0.1, -0.05) is 13.0 Å². The second-order valence-electron chi connectivity index (χ2n) is 3.28. The van der Waals surface area contributed by atoms with Gasteiger partial charge in [0.15, 0.2) is 0 Å². The van der Waals surface area contributed by atoms with E-state index in [2.05, 4.69) is 36.7 Å². The van der Waals surface area contributed by atoms with Crippen molar-refractivity contribution >= 4 is 11.3 Å². The second kappa shape index (κ2) is 5.37. The summed E-state index contributed by atoms with van der Waals surface area (Å²) in [5.41, 5.74) is 5.57. The molecular formula is C10H18N2S. The van der Waals surface area contributed by atoms with E-state index in [0.717, 1.165) is 6.42 Å². The molecule has 2 nitrogen and oxygen atoms in total. The molecule has 74 valence electrons. The lowest BCUT2D eigenvalue weighted by Crippen LogP contribution is -2.35. The monoisotopic (exact) mass is 198 g/mol. The molecule has 3 heteroatoms. The highest BCUT2D eigenvalue weighted by molar-refractivity contribution is 7.10. The lowest BCUT2D eigenvalue weighted by Gasteiger charge is -2.19. The lowest BCUT2D eigenvalue weighted by atomic mass is 10.1. The first-order chi connectivity index (χ1) is 6.27. The van der Waals surface area contributed by atoms with E-state index in [4.69, 9.17) is 5.73 Å². The van der Waals surface area contributed by atoms with E-state index in [0.29, 0.717) is 18.6 Å². The number of hydrogen-bond donors (Lipinski definition) is 2. The molecule has 2 atom stereocenters. The summed E-state index contributed by atoms with van der Waals surface area (Å²) < 4.78 is 0. The minimum atomic E-state index is 0.395. The fraction of sp³-hybridized carbons (Fsp3) is 0.600. The van der Waals surface area contributed by atoms with E-state index in [9.17, 15) is 0 Å². The largest absolute Gasteiger partial charge is 0.329 e. The zero-order valence-corrected chi connectivity index (χ0v) is 9.10. The van der Waals surface area contributed by atoms with E-state index in [1.807, 2.05) is 0 Å². The van der Waals surface area contributed by atoms with E-state index in [1.54, 1.807) is 11.3 Å². The third-order valence-electron chi connectivity index (χ3n) is 2.13. The number of nitrogens with two attached hydrogens (primary N) is 1. The maximum atomic E-state index is 5.57. The molecule has 13 heavy (non-hydrogen) atoms. The molecule has 0 spiro atoms. The summed E-state index contributed by atoms with van der Waals surface area (Å²) in [5.74, 6) is 0. The van der Waals surface area contributed by atoms with Crippen LogP contribution in [0.15, 0.2) is 17.5 Å². The van der Waals surface area contributed by atoms with Crippen LogP contribution < -0.4 is 11.1 Å². The van der Waals surface area contributed by atoms with Crippen molar-refractivity contribution in [1.29, 1.82) is 0 Å². The van der Waals surface area contributed by atoms with Gasteiger partial charge in [0.1, 0.15) is 0 Å². The van der Waals surface area contributed by atoms with Crippen LogP contribution in [-0.4, -0.2) is 12.6 Å². The SMILES string of the molecule is CCC(NC(C)CN)c1cccs1. The van der Waals surface area contributed by atoms with Gasteiger partial charge < -0.3 is 11.1 Å². The number of hydrogen-bond acceptors (Lipinski definition) is 3. The summed E-state index contributed by atoms with van der Waals surface area (Å²) in [5, 5.41) is 5.62. The first-order valence-electron chi connectivity index (χ1n) is 4.77. The predicted octanol–water partition coefficient (Wildman–Crippen LogP) is 2.14. The summed E-state index contributed by atoms with van der Waals surface area (Å²) in [6.07, 6.45) is 1.12. The molecule has 0 radical (unpaired) electrons. The van der Waals surface area contributed by atoms with Gasteiger partial charge in [-0.3, -0.25) is 0 Å². The van der Waals surface area contributed by atoms with E-state index in [-0.39, 0.29) is 0 Å². The zero-order chi connectivity index (χ0) is 9.68. The molecule has 0 saturated carbocycles.